The van der Waals surface area contributed by atoms with Crippen molar-refractivity contribution >= 4 is 29.9 Å². The second-order valence-electron chi connectivity index (χ2n) is 7.32. The molecule has 0 saturated carbocycles. The summed E-state index contributed by atoms with van der Waals surface area (Å²) in [6.45, 7) is 13.4. The molecule has 6 heteroatoms. The van der Waals surface area contributed by atoms with E-state index in [9.17, 15) is 0 Å². The summed E-state index contributed by atoms with van der Waals surface area (Å²) in [6.07, 6.45) is 2.22. The minimum Gasteiger partial charge on any atom is -0.384 e. The van der Waals surface area contributed by atoms with Crippen molar-refractivity contribution in [3.05, 3.63) is 35.9 Å². The monoisotopic (exact) mass is 502 g/mol. The molecule has 1 aromatic rings. The molecule has 1 aromatic carbocycles. The fourth-order valence-electron chi connectivity index (χ4n) is 3.95. The summed E-state index contributed by atoms with van der Waals surface area (Å²) in [4.78, 5) is 9.98. The van der Waals surface area contributed by atoms with E-state index in [-0.39, 0.29) is 24.0 Å². The third-order valence-corrected chi connectivity index (χ3v) is 5.42. The zero-order valence-corrected chi connectivity index (χ0v) is 20.4. The van der Waals surface area contributed by atoms with Crippen LogP contribution >= 0.6 is 24.0 Å². The summed E-state index contributed by atoms with van der Waals surface area (Å²) >= 11 is 0. The standard InChI is InChI=1S/C22H38N4O.HI/c1-5-23-22(26-14-13-20(17-26)18-27-4)24-16-21(25(6-2)7-3)15-19-11-9-8-10-12-19;/h8-12,20-21H,5-7,13-18H2,1-4H3,(H,23,24);1H. The number of likely N-dealkylation sites (tertiary alicyclic amines) is 1. The summed E-state index contributed by atoms with van der Waals surface area (Å²) in [5.74, 6) is 1.67. The third-order valence-electron chi connectivity index (χ3n) is 5.42. The maximum absolute atomic E-state index is 5.35. The average molecular weight is 502 g/mol. The number of guanidine groups is 1. The first kappa shape index (κ1) is 25.2. The number of ether oxygens (including phenoxy) is 1. The van der Waals surface area contributed by atoms with Gasteiger partial charge in [-0.2, -0.15) is 0 Å². The summed E-state index contributed by atoms with van der Waals surface area (Å²) < 4.78 is 5.35. The highest BCUT2D eigenvalue weighted by Gasteiger charge is 2.25. The Morgan fingerprint density at radius 2 is 1.96 bits per heavy atom. The molecule has 28 heavy (non-hydrogen) atoms. The van der Waals surface area contributed by atoms with Crippen LogP contribution in [0.1, 0.15) is 32.8 Å². The van der Waals surface area contributed by atoms with Gasteiger partial charge < -0.3 is 15.0 Å². The number of nitrogens with zero attached hydrogens (tertiary/aromatic N) is 3. The first-order chi connectivity index (χ1) is 13.2. The van der Waals surface area contributed by atoms with Gasteiger partial charge in [0.05, 0.1) is 13.2 Å². The molecule has 1 N–H and O–H groups in total. The fraction of sp³-hybridized carbons (Fsp3) is 0.682. The second kappa shape index (κ2) is 14.2. The molecule has 0 aliphatic carbocycles. The third kappa shape index (κ3) is 7.87. The number of methoxy groups -OCH3 is 1. The van der Waals surface area contributed by atoms with Crippen molar-refractivity contribution in [2.75, 3.05) is 53.0 Å². The molecule has 0 spiro atoms. The second-order valence-corrected chi connectivity index (χ2v) is 7.32. The van der Waals surface area contributed by atoms with E-state index in [0.717, 1.165) is 58.3 Å². The lowest BCUT2D eigenvalue weighted by atomic mass is 10.0. The van der Waals surface area contributed by atoms with Crippen molar-refractivity contribution in [1.82, 2.24) is 15.1 Å². The number of aliphatic imine (C=N–C) groups is 1. The van der Waals surface area contributed by atoms with Gasteiger partial charge in [-0.15, -0.1) is 24.0 Å². The van der Waals surface area contributed by atoms with Gasteiger partial charge in [0.2, 0.25) is 0 Å². The number of likely N-dealkylation sites (N-methyl/N-ethyl adjacent to an activating group) is 1. The summed E-state index contributed by atoms with van der Waals surface area (Å²) in [7, 11) is 1.79. The quantitative estimate of drug-likeness (QED) is 0.302. The highest BCUT2D eigenvalue weighted by molar-refractivity contribution is 14.0. The van der Waals surface area contributed by atoms with Crippen LogP contribution in [-0.4, -0.2) is 74.8 Å². The van der Waals surface area contributed by atoms with E-state index in [1.54, 1.807) is 7.11 Å². The van der Waals surface area contributed by atoms with Crippen molar-refractivity contribution in [2.45, 2.75) is 39.7 Å². The van der Waals surface area contributed by atoms with E-state index < -0.39 is 0 Å². The smallest absolute Gasteiger partial charge is 0.193 e. The van der Waals surface area contributed by atoms with Crippen LogP contribution in [0.3, 0.4) is 0 Å². The number of halogens is 1. The van der Waals surface area contributed by atoms with Gasteiger partial charge in [0, 0.05) is 38.7 Å². The van der Waals surface area contributed by atoms with Crippen LogP contribution in [0.2, 0.25) is 0 Å². The predicted molar refractivity (Wildman–Crippen MR) is 130 cm³/mol. The maximum atomic E-state index is 5.35. The molecule has 160 valence electrons. The molecule has 0 bridgehead atoms. The SMILES string of the molecule is CCNC(=NCC(Cc1ccccc1)N(CC)CC)N1CCC(COC)C1.I. The first-order valence-corrected chi connectivity index (χ1v) is 10.5. The molecule has 1 heterocycles. The Bertz CT molecular complexity index is 551. The highest BCUT2D eigenvalue weighted by atomic mass is 127. The van der Waals surface area contributed by atoms with E-state index in [1.807, 2.05) is 0 Å². The van der Waals surface area contributed by atoms with Crippen LogP contribution in [0, 0.1) is 5.92 Å². The largest absolute Gasteiger partial charge is 0.384 e. The zero-order chi connectivity index (χ0) is 19.5. The Morgan fingerprint density at radius 3 is 2.57 bits per heavy atom. The van der Waals surface area contributed by atoms with E-state index in [4.69, 9.17) is 9.73 Å². The van der Waals surface area contributed by atoms with Crippen molar-refractivity contribution < 1.29 is 4.74 Å². The molecular formula is C22H39IN4O. The first-order valence-electron chi connectivity index (χ1n) is 10.5. The summed E-state index contributed by atoms with van der Waals surface area (Å²) in [5, 5.41) is 3.50. The van der Waals surface area contributed by atoms with Gasteiger partial charge in [-0.3, -0.25) is 9.89 Å². The number of rotatable bonds is 10. The van der Waals surface area contributed by atoms with Gasteiger partial charge in [-0.25, -0.2) is 0 Å². The molecule has 1 fully saturated rings. The lowest BCUT2D eigenvalue weighted by Gasteiger charge is -2.29. The maximum Gasteiger partial charge on any atom is 0.193 e. The van der Waals surface area contributed by atoms with Gasteiger partial charge in [0.15, 0.2) is 5.96 Å². The minimum absolute atomic E-state index is 0. The normalized spacial score (nSPS) is 18.2. The van der Waals surface area contributed by atoms with Crippen molar-refractivity contribution in [3.8, 4) is 0 Å². The highest BCUT2D eigenvalue weighted by Crippen LogP contribution is 2.17. The van der Waals surface area contributed by atoms with Crippen LogP contribution < -0.4 is 5.32 Å². The fourth-order valence-corrected chi connectivity index (χ4v) is 3.95. The number of benzene rings is 1. The number of hydrogen-bond donors (Lipinski definition) is 1. The van der Waals surface area contributed by atoms with Crippen LogP contribution in [0.15, 0.2) is 35.3 Å². The molecular weight excluding hydrogens is 463 g/mol. The minimum atomic E-state index is 0. The lowest BCUT2D eigenvalue weighted by Crippen LogP contribution is -2.43. The zero-order valence-electron chi connectivity index (χ0n) is 18.1. The molecule has 1 aliphatic heterocycles. The van der Waals surface area contributed by atoms with E-state index >= 15 is 0 Å². The molecule has 2 atom stereocenters. The van der Waals surface area contributed by atoms with Crippen LogP contribution in [-0.2, 0) is 11.2 Å². The Hall–Kier alpha value is -0.860. The molecule has 5 nitrogen and oxygen atoms in total. The molecule has 1 aliphatic rings. The molecule has 0 amide bonds. The van der Waals surface area contributed by atoms with Gasteiger partial charge in [-0.1, -0.05) is 44.2 Å². The Morgan fingerprint density at radius 1 is 1.25 bits per heavy atom. The summed E-state index contributed by atoms with van der Waals surface area (Å²) in [5.41, 5.74) is 1.39. The molecule has 0 aromatic heterocycles. The Kier molecular flexibility index (Phi) is 12.7. The van der Waals surface area contributed by atoms with Gasteiger partial charge in [0.1, 0.15) is 0 Å². The Balaban J connectivity index is 0.00000392. The van der Waals surface area contributed by atoms with Crippen molar-refractivity contribution in [1.29, 1.82) is 0 Å². The number of hydrogen-bond acceptors (Lipinski definition) is 3. The van der Waals surface area contributed by atoms with Crippen molar-refractivity contribution in [3.63, 3.8) is 0 Å². The molecule has 2 rings (SSSR count). The number of nitrogens with one attached hydrogen (secondary N) is 1. The van der Waals surface area contributed by atoms with Crippen LogP contribution in [0.4, 0.5) is 0 Å². The summed E-state index contributed by atoms with van der Waals surface area (Å²) in [6, 6.07) is 11.2. The Labute approximate surface area is 188 Å². The molecule has 1 saturated heterocycles. The van der Waals surface area contributed by atoms with E-state index in [0.29, 0.717) is 12.0 Å². The molecule has 2 unspecified atom stereocenters. The lowest BCUT2D eigenvalue weighted by molar-refractivity contribution is 0.157. The van der Waals surface area contributed by atoms with Gasteiger partial charge in [-0.05, 0) is 38.4 Å². The van der Waals surface area contributed by atoms with Gasteiger partial charge in [0.25, 0.3) is 0 Å². The van der Waals surface area contributed by atoms with Crippen molar-refractivity contribution in [2.24, 2.45) is 10.9 Å². The van der Waals surface area contributed by atoms with Crippen LogP contribution in [0.25, 0.3) is 0 Å². The van der Waals surface area contributed by atoms with E-state index in [1.165, 1.54) is 12.0 Å². The topological polar surface area (TPSA) is 40.1 Å². The molecule has 0 radical (unpaired) electrons. The van der Waals surface area contributed by atoms with E-state index in [2.05, 4.69) is 66.2 Å². The predicted octanol–water partition coefficient (Wildman–Crippen LogP) is 3.49. The van der Waals surface area contributed by atoms with Gasteiger partial charge >= 0.3 is 0 Å². The van der Waals surface area contributed by atoms with Crippen LogP contribution in [0.5, 0.6) is 0 Å². The average Bonchev–Trinajstić information content (AvgIpc) is 3.15.